The topological polar surface area (TPSA) is 29.0 Å². The first-order valence-electron chi connectivity index (χ1n) is 4.56. The van der Waals surface area contributed by atoms with Gasteiger partial charge in [0.15, 0.2) is 0 Å². The van der Waals surface area contributed by atoms with Crippen molar-refractivity contribution in [1.29, 1.82) is 0 Å². The first-order chi connectivity index (χ1) is 5.31. The Kier molecular flexibility index (Phi) is 7.47. The Morgan fingerprint density at radius 1 is 1.18 bits per heavy atom. The lowest BCUT2D eigenvalue weighted by atomic mass is 10.2. The number of unbranched alkanes of at least 4 members (excludes halogenated alkanes) is 2. The van der Waals surface area contributed by atoms with Gasteiger partial charge in [0.1, 0.15) is 19.8 Å². The van der Waals surface area contributed by atoms with E-state index in [-0.39, 0.29) is 0 Å². The van der Waals surface area contributed by atoms with Crippen molar-refractivity contribution in [2.45, 2.75) is 32.6 Å². The first-order valence-corrected chi connectivity index (χ1v) is 4.56. The normalized spacial score (nSPS) is 10.0. The molecule has 0 fully saturated rings. The number of hydrogen-bond acceptors (Lipinski definition) is 1. The maximum atomic E-state index is 5.38. The molecule has 0 saturated heterocycles. The van der Waals surface area contributed by atoms with Crippen molar-refractivity contribution in [3.8, 4) is 0 Å². The van der Waals surface area contributed by atoms with Crippen LogP contribution >= 0.6 is 0 Å². The minimum atomic E-state index is 0.778. The van der Waals surface area contributed by atoms with Crippen LogP contribution in [0.5, 0.6) is 0 Å². The van der Waals surface area contributed by atoms with Crippen molar-refractivity contribution in [1.82, 2.24) is 0 Å². The standard InChI is InChI=1S/C9H21N2/c1-3-4-5-8-11(2)9-6-7-10/h2-10H2,1H3/q+1. The summed E-state index contributed by atoms with van der Waals surface area (Å²) in [5, 5.41) is 0. The minimum absolute atomic E-state index is 0.778. The fourth-order valence-electron chi connectivity index (χ4n) is 1.01. The summed E-state index contributed by atoms with van der Waals surface area (Å²) in [7, 11) is 0. The van der Waals surface area contributed by atoms with E-state index >= 15 is 0 Å². The molecule has 66 valence electrons. The van der Waals surface area contributed by atoms with Gasteiger partial charge in [0.2, 0.25) is 0 Å². The van der Waals surface area contributed by atoms with E-state index < -0.39 is 0 Å². The van der Waals surface area contributed by atoms with E-state index in [9.17, 15) is 0 Å². The van der Waals surface area contributed by atoms with Crippen molar-refractivity contribution in [3.63, 3.8) is 0 Å². The average molecular weight is 157 g/mol. The van der Waals surface area contributed by atoms with Crippen LogP contribution in [0.2, 0.25) is 0 Å². The minimum Gasteiger partial charge on any atom is -0.330 e. The molecule has 2 heteroatoms. The fraction of sp³-hybridized carbons (Fsp3) is 0.889. The number of hydrogen-bond donors (Lipinski definition) is 1. The highest BCUT2D eigenvalue weighted by atomic mass is 15.0. The van der Waals surface area contributed by atoms with E-state index in [0.717, 1.165) is 26.1 Å². The predicted octanol–water partition coefficient (Wildman–Crippen LogP) is 1.24. The Morgan fingerprint density at radius 2 is 1.82 bits per heavy atom. The summed E-state index contributed by atoms with van der Waals surface area (Å²) in [6.07, 6.45) is 4.93. The SMILES string of the molecule is C=[N+](CCCN)CCCCC. The zero-order chi connectivity index (χ0) is 8.53. The van der Waals surface area contributed by atoms with Gasteiger partial charge < -0.3 is 5.73 Å². The lowest BCUT2D eigenvalue weighted by Gasteiger charge is -1.99. The van der Waals surface area contributed by atoms with Gasteiger partial charge in [-0.25, -0.2) is 4.58 Å². The molecular weight excluding hydrogens is 136 g/mol. The quantitative estimate of drug-likeness (QED) is 0.336. The molecule has 0 bridgehead atoms. The van der Waals surface area contributed by atoms with Gasteiger partial charge in [-0.15, -0.1) is 0 Å². The van der Waals surface area contributed by atoms with Gasteiger partial charge in [0, 0.05) is 12.8 Å². The predicted molar refractivity (Wildman–Crippen MR) is 50.3 cm³/mol. The zero-order valence-corrected chi connectivity index (χ0v) is 7.68. The highest BCUT2D eigenvalue weighted by Crippen LogP contribution is 1.93. The molecule has 0 aromatic carbocycles. The Morgan fingerprint density at radius 3 is 2.36 bits per heavy atom. The second kappa shape index (κ2) is 7.73. The van der Waals surface area contributed by atoms with Crippen molar-refractivity contribution < 1.29 is 4.58 Å². The van der Waals surface area contributed by atoms with Crippen molar-refractivity contribution >= 4 is 6.72 Å². The van der Waals surface area contributed by atoms with Gasteiger partial charge in [0.25, 0.3) is 0 Å². The molecule has 2 nitrogen and oxygen atoms in total. The molecule has 0 unspecified atom stereocenters. The number of nitrogens with two attached hydrogens (primary N) is 1. The Balaban J connectivity index is 3.09. The van der Waals surface area contributed by atoms with Crippen molar-refractivity contribution in [2.24, 2.45) is 5.73 Å². The van der Waals surface area contributed by atoms with Gasteiger partial charge >= 0.3 is 0 Å². The molecule has 0 saturated carbocycles. The maximum Gasteiger partial charge on any atom is 0.143 e. The molecule has 0 amide bonds. The van der Waals surface area contributed by atoms with Crippen LogP contribution in [0.1, 0.15) is 32.6 Å². The molecule has 0 aliphatic carbocycles. The largest absolute Gasteiger partial charge is 0.330 e. The molecule has 0 atom stereocenters. The maximum absolute atomic E-state index is 5.38. The molecule has 0 aromatic heterocycles. The summed E-state index contributed by atoms with van der Waals surface area (Å²) in [6.45, 7) is 9.08. The molecule has 2 N–H and O–H groups in total. The fourth-order valence-corrected chi connectivity index (χ4v) is 1.01. The van der Waals surface area contributed by atoms with Crippen LogP contribution in [-0.2, 0) is 0 Å². The first kappa shape index (κ1) is 10.6. The zero-order valence-electron chi connectivity index (χ0n) is 7.68. The van der Waals surface area contributed by atoms with E-state index in [4.69, 9.17) is 5.73 Å². The highest BCUT2D eigenvalue weighted by molar-refractivity contribution is 5.14. The van der Waals surface area contributed by atoms with E-state index in [0.29, 0.717) is 0 Å². The summed E-state index contributed by atoms with van der Waals surface area (Å²) in [6, 6.07) is 0. The van der Waals surface area contributed by atoms with E-state index in [1.165, 1.54) is 19.3 Å². The lowest BCUT2D eigenvalue weighted by Crippen LogP contribution is -2.15. The van der Waals surface area contributed by atoms with Crippen LogP contribution in [0.4, 0.5) is 0 Å². The molecule has 0 heterocycles. The smallest absolute Gasteiger partial charge is 0.143 e. The number of rotatable bonds is 7. The van der Waals surface area contributed by atoms with Crippen LogP contribution in [0.25, 0.3) is 0 Å². The van der Waals surface area contributed by atoms with Crippen LogP contribution in [0.3, 0.4) is 0 Å². The van der Waals surface area contributed by atoms with E-state index in [1.54, 1.807) is 0 Å². The van der Waals surface area contributed by atoms with Crippen LogP contribution in [0, 0.1) is 0 Å². The molecule has 0 radical (unpaired) electrons. The summed E-state index contributed by atoms with van der Waals surface area (Å²) in [5.74, 6) is 0. The highest BCUT2D eigenvalue weighted by Gasteiger charge is 1.97. The van der Waals surface area contributed by atoms with Crippen molar-refractivity contribution in [3.05, 3.63) is 0 Å². The molecule has 0 rings (SSSR count). The van der Waals surface area contributed by atoms with Gasteiger partial charge in [0.05, 0.1) is 0 Å². The summed E-state index contributed by atoms with van der Waals surface area (Å²) >= 11 is 0. The molecule has 0 aromatic rings. The Labute approximate surface area is 70.1 Å². The summed E-state index contributed by atoms with van der Waals surface area (Å²) in [5.41, 5.74) is 5.38. The van der Waals surface area contributed by atoms with Gasteiger partial charge in [-0.05, 0) is 13.0 Å². The van der Waals surface area contributed by atoms with E-state index in [2.05, 4.69) is 18.2 Å². The number of nitrogens with zero attached hydrogens (tertiary/aromatic N) is 1. The Bertz CT molecular complexity index is 99.7. The third kappa shape index (κ3) is 7.53. The van der Waals surface area contributed by atoms with Gasteiger partial charge in [-0.3, -0.25) is 0 Å². The van der Waals surface area contributed by atoms with Crippen LogP contribution in [0.15, 0.2) is 0 Å². The Hall–Kier alpha value is -0.370. The molecular formula is C9H21N2+. The summed E-state index contributed by atoms with van der Waals surface area (Å²) < 4.78 is 2.11. The molecule has 11 heavy (non-hydrogen) atoms. The van der Waals surface area contributed by atoms with E-state index in [1.807, 2.05) is 0 Å². The molecule has 0 aliphatic heterocycles. The second-order valence-corrected chi connectivity index (χ2v) is 2.97. The van der Waals surface area contributed by atoms with Crippen molar-refractivity contribution in [2.75, 3.05) is 19.6 Å². The molecule has 0 spiro atoms. The monoisotopic (exact) mass is 157 g/mol. The van der Waals surface area contributed by atoms with Gasteiger partial charge in [-0.1, -0.05) is 13.3 Å². The van der Waals surface area contributed by atoms with Crippen LogP contribution in [-0.4, -0.2) is 30.9 Å². The third-order valence-corrected chi connectivity index (χ3v) is 1.76. The lowest BCUT2D eigenvalue weighted by molar-refractivity contribution is -0.520. The molecule has 0 aliphatic rings. The summed E-state index contributed by atoms with van der Waals surface area (Å²) in [4.78, 5) is 0. The second-order valence-electron chi connectivity index (χ2n) is 2.97. The third-order valence-electron chi connectivity index (χ3n) is 1.76. The van der Waals surface area contributed by atoms with Gasteiger partial charge in [-0.2, -0.15) is 0 Å². The average Bonchev–Trinajstić information content (AvgIpc) is 2.01. The van der Waals surface area contributed by atoms with Crippen LogP contribution < -0.4 is 5.73 Å².